The fourth-order valence-corrected chi connectivity index (χ4v) is 2.17. The summed E-state index contributed by atoms with van der Waals surface area (Å²) in [4.78, 5) is 6.97. The number of ether oxygens (including phenoxy) is 1. The average Bonchev–Trinajstić information content (AvgIpc) is 2.79. The molecule has 1 fully saturated rings. The van der Waals surface area contributed by atoms with Crippen LogP contribution in [0.4, 0.5) is 0 Å². The van der Waals surface area contributed by atoms with Crippen LogP contribution >= 0.6 is 24.0 Å². The number of nitrogens with one attached hydrogen (secondary N) is 1. The van der Waals surface area contributed by atoms with E-state index in [0.29, 0.717) is 11.3 Å². The summed E-state index contributed by atoms with van der Waals surface area (Å²) in [6, 6.07) is 0. The van der Waals surface area contributed by atoms with E-state index >= 15 is 0 Å². The Kier molecular flexibility index (Phi) is 9.80. The van der Waals surface area contributed by atoms with Gasteiger partial charge in [-0.3, -0.25) is 4.99 Å². The highest BCUT2D eigenvalue weighted by Crippen LogP contribution is 2.18. The molecule has 0 aromatic carbocycles. The zero-order valence-corrected chi connectivity index (χ0v) is 16.1. The van der Waals surface area contributed by atoms with Crippen molar-refractivity contribution in [3.63, 3.8) is 0 Å². The standard InChI is InChI=1S/C15H31N3O.HI/c1-6-16-14(17-9-8-15(2,3)4)18(5)11-13-7-10-19-12-13;/h13H,6-12H2,1-5H3,(H,16,17);1H. The van der Waals surface area contributed by atoms with Crippen molar-refractivity contribution in [2.75, 3.05) is 39.9 Å². The number of hydrogen-bond donors (Lipinski definition) is 1. The molecule has 5 heteroatoms. The van der Waals surface area contributed by atoms with Crippen LogP contribution in [0.15, 0.2) is 4.99 Å². The molecule has 0 aliphatic carbocycles. The topological polar surface area (TPSA) is 36.9 Å². The average molecular weight is 397 g/mol. The predicted octanol–water partition coefficient (Wildman–Crippen LogP) is 2.97. The lowest BCUT2D eigenvalue weighted by atomic mass is 9.92. The summed E-state index contributed by atoms with van der Waals surface area (Å²) < 4.78 is 5.44. The number of aliphatic imine (C=N–C) groups is 1. The van der Waals surface area contributed by atoms with Crippen molar-refractivity contribution in [3.05, 3.63) is 0 Å². The van der Waals surface area contributed by atoms with Gasteiger partial charge in [0.1, 0.15) is 0 Å². The molecular formula is C15H32IN3O. The summed E-state index contributed by atoms with van der Waals surface area (Å²) in [5.74, 6) is 1.68. The fourth-order valence-electron chi connectivity index (χ4n) is 2.17. The van der Waals surface area contributed by atoms with Gasteiger partial charge in [-0.05, 0) is 25.2 Å². The lowest BCUT2D eigenvalue weighted by Crippen LogP contribution is -2.41. The molecule has 0 saturated carbocycles. The van der Waals surface area contributed by atoms with Gasteiger partial charge in [0.25, 0.3) is 0 Å². The van der Waals surface area contributed by atoms with E-state index in [1.165, 1.54) is 6.42 Å². The second kappa shape index (κ2) is 9.82. The van der Waals surface area contributed by atoms with Crippen LogP contribution in [0.1, 0.15) is 40.5 Å². The SMILES string of the molecule is CCNC(=NCCC(C)(C)C)N(C)CC1CCOC1.I. The Bertz CT molecular complexity index is 283. The highest BCUT2D eigenvalue weighted by Gasteiger charge is 2.19. The zero-order chi connectivity index (χ0) is 14.3. The molecule has 20 heavy (non-hydrogen) atoms. The summed E-state index contributed by atoms with van der Waals surface area (Å²) in [5, 5.41) is 3.38. The number of rotatable bonds is 5. The van der Waals surface area contributed by atoms with Gasteiger partial charge in [-0.15, -0.1) is 24.0 Å². The number of nitrogens with zero attached hydrogens (tertiary/aromatic N) is 2. The van der Waals surface area contributed by atoms with Gasteiger partial charge in [0.2, 0.25) is 0 Å². The maximum Gasteiger partial charge on any atom is 0.193 e. The Labute approximate surface area is 141 Å². The maximum atomic E-state index is 5.44. The van der Waals surface area contributed by atoms with Crippen LogP contribution in [-0.4, -0.2) is 50.8 Å². The quantitative estimate of drug-likeness (QED) is 0.440. The van der Waals surface area contributed by atoms with E-state index in [1.54, 1.807) is 0 Å². The van der Waals surface area contributed by atoms with Gasteiger partial charge in [-0.2, -0.15) is 0 Å². The van der Waals surface area contributed by atoms with Gasteiger partial charge < -0.3 is 15.0 Å². The zero-order valence-electron chi connectivity index (χ0n) is 13.7. The van der Waals surface area contributed by atoms with Gasteiger partial charge in [0.15, 0.2) is 5.96 Å². The van der Waals surface area contributed by atoms with Gasteiger partial charge in [0.05, 0.1) is 6.61 Å². The third kappa shape index (κ3) is 8.29. The monoisotopic (exact) mass is 397 g/mol. The van der Waals surface area contributed by atoms with E-state index in [-0.39, 0.29) is 24.0 Å². The highest BCUT2D eigenvalue weighted by molar-refractivity contribution is 14.0. The number of guanidine groups is 1. The van der Waals surface area contributed by atoms with Crippen LogP contribution < -0.4 is 5.32 Å². The molecule has 1 aliphatic rings. The first-order chi connectivity index (χ1) is 8.92. The molecular weight excluding hydrogens is 365 g/mol. The van der Waals surface area contributed by atoms with Crippen LogP contribution in [0.25, 0.3) is 0 Å². The van der Waals surface area contributed by atoms with Gasteiger partial charge in [0, 0.05) is 39.2 Å². The molecule has 0 spiro atoms. The molecule has 1 rings (SSSR count). The summed E-state index contributed by atoms with van der Waals surface area (Å²) in [6.45, 7) is 13.5. The number of halogens is 1. The molecule has 0 bridgehead atoms. The van der Waals surface area contributed by atoms with Crippen molar-refractivity contribution in [1.82, 2.24) is 10.2 Å². The first kappa shape index (κ1) is 20.0. The lowest BCUT2D eigenvalue weighted by molar-refractivity contribution is 0.181. The Balaban J connectivity index is 0.00000361. The molecule has 1 aliphatic heterocycles. The van der Waals surface area contributed by atoms with E-state index in [4.69, 9.17) is 9.73 Å². The third-order valence-corrected chi connectivity index (χ3v) is 3.38. The van der Waals surface area contributed by atoms with Crippen molar-refractivity contribution < 1.29 is 4.74 Å². The van der Waals surface area contributed by atoms with Crippen molar-refractivity contribution in [1.29, 1.82) is 0 Å². The van der Waals surface area contributed by atoms with E-state index in [1.807, 2.05) is 0 Å². The molecule has 1 N–H and O–H groups in total. The predicted molar refractivity (Wildman–Crippen MR) is 97.0 cm³/mol. The van der Waals surface area contributed by atoms with Crippen LogP contribution in [0.3, 0.4) is 0 Å². The Morgan fingerprint density at radius 2 is 2.10 bits per heavy atom. The van der Waals surface area contributed by atoms with Crippen molar-refractivity contribution in [3.8, 4) is 0 Å². The van der Waals surface area contributed by atoms with Gasteiger partial charge in [-0.1, -0.05) is 20.8 Å². The maximum absolute atomic E-state index is 5.44. The van der Waals surface area contributed by atoms with Crippen molar-refractivity contribution in [2.45, 2.75) is 40.5 Å². The first-order valence-electron chi connectivity index (χ1n) is 7.49. The summed E-state index contributed by atoms with van der Waals surface area (Å²) in [6.07, 6.45) is 2.29. The molecule has 0 amide bonds. The molecule has 0 radical (unpaired) electrons. The molecule has 120 valence electrons. The summed E-state index contributed by atoms with van der Waals surface area (Å²) >= 11 is 0. The highest BCUT2D eigenvalue weighted by atomic mass is 127. The smallest absolute Gasteiger partial charge is 0.193 e. The van der Waals surface area contributed by atoms with Gasteiger partial charge in [-0.25, -0.2) is 0 Å². The lowest BCUT2D eigenvalue weighted by Gasteiger charge is -2.25. The Hall–Kier alpha value is -0.0400. The Morgan fingerprint density at radius 3 is 2.60 bits per heavy atom. The van der Waals surface area contributed by atoms with E-state index < -0.39 is 0 Å². The van der Waals surface area contributed by atoms with Crippen molar-refractivity contribution in [2.24, 2.45) is 16.3 Å². The molecule has 0 aromatic heterocycles. The van der Waals surface area contributed by atoms with Gasteiger partial charge >= 0.3 is 0 Å². The fraction of sp³-hybridized carbons (Fsp3) is 0.933. The minimum atomic E-state index is 0. The largest absolute Gasteiger partial charge is 0.381 e. The second-order valence-electron chi connectivity index (χ2n) is 6.66. The normalized spacial score (nSPS) is 19.6. The van der Waals surface area contributed by atoms with E-state index in [0.717, 1.165) is 45.2 Å². The summed E-state index contributed by atoms with van der Waals surface area (Å²) in [5.41, 5.74) is 0.346. The molecule has 1 saturated heterocycles. The second-order valence-corrected chi connectivity index (χ2v) is 6.66. The van der Waals surface area contributed by atoms with Crippen LogP contribution in [0.2, 0.25) is 0 Å². The van der Waals surface area contributed by atoms with E-state index in [2.05, 4.69) is 45.0 Å². The van der Waals surface area contributed by atoms with Crippen LogP contribution in [0.5, 0.6) is 0 Å². The minimum Gasteiger partial charge on any atom is -0.381 e. The van der Waals surface area contributed by atoms with Crippen LogP contribution in [-0.2, 0) is 4.74 Å². The van der Waals surface area contributed by atoms with Crippen molar-refractivity contribution >= 4 is 29.9 Å². The minimum absolute atomic E-state index is 0. The van der Waals surface area contributed by atoms with Crippen LogP contribution in [0, 0.1) is 11.3 Å². The molecule has 4 nitrogen and oxygen atoms in total. The molecule has 0 aromatic rings. The first-order valence-corrected chi connectivity index (χ1v) is 7.49. The molecule has 1 atom stereocenters. The Morgan fingerprint density at radius 1 is 1.40 bits per heavy atom. The molecule has 1 unspecified atom stereocenters. The number of hydrogen-bond acceptors (Lipinski definition) is 2. The van der Waals surface area contributed by atoms with E-state index in [9.17, 15) is 0 Å². The summed E-state index contributed by atoms with van der Waals surface area (Å²) in [7, 11) is 2.12. The third-order valence-electron chi connectivity index (χ3n) is 3.38. The molecule has 1 heterocycles.